The number of nitrogens with zero attached hydrogens (tertiary/aromatic N) is 1. The first-order valence-corrected chi connectivity index (χ1v) is 7.49. The summed E-state index contributed by atoms with van der Waals surface area (Å²) in [5, 5.41) is 32.5. The van der Waals surface area contributed by atoms with Crippen LogP contribution in [0.1, 0.15) is 29.6 Å². The molecule has 8 heteroatoms. The van der Waals surface area contributed by atoms with Crippen molar-refractivity contribution < 1.29 is 24.7 Å². The van der Waals surface area contributed by atoms with Gasteiger partial charge in [-0.2, -0.15) is 0 Å². The van der Waals surface area contributed by atoms with Crippen LogP contribution in [-0.4, -0.2) is 46.9 Å². The number of hydrogen-bond acceptors (Lipinski definition) is 6. The molecule has 1 aliphatic rings. The minimum Gasteiger partial charge on any atom is -0.507 e. The van der Waals surface area contributed by atoms with Crippen molar-refractivity contribution in [1.29, 1.82) is 0 Å². The lowest BCUT2D eigenvalue weighted by Crippen LogP contribution is -2.43. The SMILES string of the molecule is O=C(NC(CCO)C1CCOCC1)c1ccc([N+](=O)[O-])cc1O. The molecule has 23 heavy (non-hydrogen) atoms. The largest absolute Gasteiger partial charge is 0.507 e. The van der Waals surface area contributed by atoms with E-state index in [4.69, 9.17) is 4.74 Å². The lowest BCUT2D eigenvalue weighted by atomic mass is 9.89. The van der Waals surface area contributed by atoms with Crippen molar-refractivity contribution in [3.8, 4) is 5.75 Å². The Morgan fingerprint density at radius 3 is 2.70 bits per heavy atom. The van der Waals surface area contributed by atoms with E-state index in [9.17, 15) is 25.1 Å². The third-order valence-corrected chi connectivity index (χ3v) is 4.03. The predicted molar refractivity (Wildman–Crippen MR) is 81.3 cm³/mol. The third kappa shape index (κ3) is 4.40. The van der Waals surface area contributed by atoms with Crippen LogP contribution in [0.2, 0.25) is 0 Å². The molecule has 8 nitrogen and oxygen atoms in total. The maximum atomic E-state index is 12.3. The number of aliphatic hydroxyl groups excluding tert-OH is 1. The summed E-state index contributed by atoms with van der Waals surface area (Å²) in [4.78, 5) is 22.3. The van der Waals surface area contributed by atoms with Crippen molar-refractivity contribution >= 4 is 11.6 Å². The molecule has 1 saturated heterocycles. The Labute approximate surface area is 133 Å². The fourth-order valence-corrected chi connectivity index (χ4v) is 2.75. The molecule has 0 spiro atoms. The lowest BCUT2D eigenvalue weighted by Gasteiger charge is -2.30. The number of non-ortho nitro benzene ring substituents is 1. The summed E-state index contributed by atoms with van der Waals surface area (Å²) < 4.78 is 5.29. The molecule has 1 amide bonds. The van der Waals surface area contributed by atoms with Crippen molar-refractivity contribution in [2.75, 3.05) is 19.8 Å². The molecule has 126 valence electrons. The van der Waals surface area contributed by atoms with Crippen molar-refractivity contribution in [2.24, 2.45) is 5.92 Å². The van der Waals surface area contributed by atoms with Gasteiger partial charge in [0.1, 0.15) is 5.75 Å². The summed E-state index contributed by atoms with van der Waals surface area (Å²) in [6, 6.07) is 3.11. The third-order valence-electron chi connectivity index (χ3n) is 4.03. The van der Waals surface area contributed by atoms with E-state index in [0.29, 0.717) is 19.6 Å². The van der Waals surface area contributed by atoms with Crippen molar-refractivity contribution in [3.63, 3.8) is 0 Å². The van der Waals surface area contributed by atoms with Crippen LogP contribution in [0.5, 0.6) is 5.75 Å². The maximum absolute atomic E-state index is 12.3. The summed E-state index contributed by atoms with van der Waals surface area (Å²) >= 11 is 0. The predicted octanol–water partition coefficient (Wildman–Crippen LogP) is 1.21. The highest BCUT2D eigenvalue weighted by molar-refractivity contribution is 5.97. The second-order valence-corrected chi connectivity index (χ2v) is 5.50. The minimum absolute atomic E-state index is 0.0226. The van der Waals surface area contributed by atoms with Crippen molar-refractivity contribution in [3.05, 3.63) is 33.9 Å². The molecule has 1 unspecified atom stereocenters. The van der Waals surface area contributed by atoms with Gasteiger partial charge in [-0.25, -0.2) is 0 Å². The monoisotopic (exact) mass is 324 g/mol. The Balaban J connectivity index is 2.10. The number of ether oxygens (including phenoxy) is 1. The number of nitro groups is 1. The molecule has 0 radical (unpaired) electrons. The van der Waals surface area contributed by atoms with Gasteiger partial charge in [0.05, 0.1) is 16.6 Å². The van der Waals surface area contributed by atoms with Gasteiger partial charge in [-0.05, 0) is 31.2 Å². The minimum atomic E-state index is -0.641. The zero-order valence-electron chi connectivity index (χ0n) is 12.6. The van der Waals surface area contributed by atoms with Gasteiger partial charge in [-0.1, -0.05) is 0 Å². The van der Waals surface area contributed by atoms with Crippen LogP contribution in [0.4, 0.5) is 5.69 Å². The van der Waals surface area contributed by atoms with Gasteiger partial charge in [-0.15, -0.1) is 0 Å². The van der Waals surface area contributed by atoms with E-state index in [2.05, 4.69) is 5.32 Å². The maximum Gasteiger partial charge on any atom is 0.273 e. The number of benzene rings is 1. The average molecular weight is 324 g/mol. The quantitative estimate of drug-likeness (QED) is 0.534. The molecule has 1 heterocycles. The summed E-state index contributed by atoms with van der Waals surface area (Å²) in [7, 11) is 0. The Hall–Kier alpha value is -2.19. The molecule has 1 atom stereocenters. The van der Waals surface area contributed by atoms with Gasteiger partial charge >= 0.3 is 0 Å². The van der Waals surface area contributed by atoms with Crippen LogP contribution < -0.4 is 5.32 Å². The first-order chi connectivity index (χ1) is 11.0. The number of hydrogen-bond donors (Lipinski definition) is 3. The highest BCUT2D eigenvalue weighted by Gasteiger charge is 2.26. The number of amides is 1. The summed E-state index contributed by atoms with van der Waals surface area (Å²) in [6.45, 7) is 1.17. The van der Waals surface area contributed by atoms with E-state index in [1.54, 1.807) is 0 Å². The number of aromatic hydroxyl groups is 1. The van der Waals surface area contributed by atoms with Crippen LogP contribution in [0.15, 0.2) is 18.2 Å². The van der Waals surface area contributed by atoms with Gasteiger partial charge in [0, 0.05) is 31.9 Å². The molecule has 1 aromatic rings. The van der Waals surface area contributed by atoms with Gasteiger partial charge in [0.2, 0.25) is 0 Å². The second kappa shape index (κ2) is 7.89. The van der Waals surface area contributed by atoms with E-state index in [1.807, 2.05) is 0 Å². The van der Waals surface area contributed by atoms with Gasteiger partial charge in [0.25, 0.3) is 11.6 Å². The number of aliphatic hydroxyl groups is 1. The van der Waals surface area contributed by atoms with Gasteiger partial charge in [-0.3, -0.25) is 14.9 Å². The summed E-state index contributed by atoms with van der Waals surface area (Å²) in [5.41, 5.74) is -0.305. The number of nitro benzene ring substituents is 1. The van der Waals surface area contributed by atoms with E-state index in [-0.39, 0.29) is 29.8 Å². The fraction of sp³-hybridized carbons (Fsp3) is 0.533. The molecule has 0 saturated carbocycles. The normalized spacial score (nSPS) is 16.7. The Morgan fingerprint density at radius 1 is 1.43 bits per heavy atom. The number of phenolic OH excluding ortho intramolecular Hbond substituents is 1. The summed E-state index contributed by atoms with van der Waals surface area (Å²) in [5.74, 6) is -0.756. The van der Waals surface area contributed by atoms with Crippen LogP contribution in [0, 0.1) is 16.0 Å². The first-order valence-electron chi connectivity index (χ1n) is 7.49. The molecule has 3 N–H and O–H groups in total. The Morgan fingerprint density at radius 2 is 2.13 bits per heavy atom. The standard InChI is InChI=1S/C15H20N2O6/c18-6-3-13(10-4-7-23-8-5-10)16-15(20)12-2-1-11(17(21)22)9-14(12)19/h1-2,9-10,13,18-19H,3-8H2,(H,16,20). The van der Waals surface area contributed by atoms with E-state index < -0.39 is 16.6 Å². The smallest absolute Gasteiger partial charge is 0.273 e. The van der Waals surface area contributed by atoms with E-state index in [1.165, 1.54) is 12.1 Å². The van der Waals surface area contributed by atoms with Crippen molar-refractivity contribution in [1.82, 2.24) is 5.32 Å². The fourth-order valence-electron chi connectivity index (χ4n) is 2.75. The molecule has 0 aliphatic carbocycles. The molecule has 0 bridgehead atoms. The van der Waals surface area contributed by atoms with Crippen LogP contribution in [0.25, 0.3) is 0 Å². The number of nitrogens with one attached hydrogen (secondary N) is 1. The molecule has 0 aromatic heterocycles. The second-order valence-electron chi connectivity index (χ2n) is 5.50. The Bertz CT molecular complexity index is 571. The zero-order valence-corrected chi connectivity index (χ0v) is 12.6. The molecule has 1 aliphatic heterocycles. The highest BCUT2D eigenvalue weighted by atomic mass is 16.6. The first kappa shape index (κ1) is 17.2. The van der Waals surface area contributed by atoms with Crippen molar-refractivity contribution in [2.45, 2.75) is 25.3 Å². The molecular weight excluding hydrogens is 304 g/mol. The van der Waals surface area contributed by atoms with E-state index >= 15 is 0 Å². The topological polar surface area (TPSA) is 122 Å². The molecule has 2 rings (SSSR count). The van der Waals surface area contributed by atoms with Gasteiger partial charge in [0.15, 0.2) is 0 Å². The van der Waals surface area contributed by atoms with E-state index in [0.717, 1.165) is 18.9 Å². The van der Waals surface area contributed by atoms with Crippen LogP contribution in [-0.2, 0) is 4.74 Å². The Kier molecular flexibility index (Phi) is 5.89. The number of carbonyl (C=O) groups excluding carboxylic acids is 1. The van der Waals surface area contributed by atoms with Crippen LogP contribution >= 0.6 is 0 Å². The molecule has 1 aromatic carbocycles. The number of phenols is 1. The average Bonchev–Trinajstić information content (AvgIpc) is 2.55. The highest BCUT2D eigenvalue weighted by Crippen LogP contribution is 2.25. The van der Waals surface area contributed by atoms with Crippen LogP contribution in [0.3, 0.4) is 0 Å². The number of rotatable bonds is 6. The summed E-state index contributed by atoms with van der Waals surface area (Å²) in [6.07, 6.45) is 1.98. The molecular formula is C15H20N2O6. The molecule has 1 fully saturated rings. The van der Waals surface area contributed by atoms with Gasteiger partial charge < -0.3 is 20.3 Å². The number of carbonyl (C=O) groups is 1. The lowest BCUT2D eigenvalue weighted by molar-refractivity contribution is -0.384. The zero-order chi connectivity index (χ0) is 16.8.